The average molecular weight is 470 g/mol. The third kappa shape index (κ3) is 4.17. The van der Waals surface area contributed by atoms with Crippen LogP contribution >= 0.6 is 23.2 Å². The number of carboxylic acids is 1. The molecule has 1 amide bonds. The van der Waals surface area contributed by atoms with Gasteiger partial charge in [0, 0.05) is 12.2 Å². The number of nitrogens with zero attached hydrogens (tertiary/aromatic N) is 2. The lowest BCUT2D eigenvalue weighted by Gasteiger charge is -2.09. The molecule has 0 saturated heterocycles. The van der Waals surface area contributed by atoms with Crippen LogP contribution in [0.25, 0.3) is 22.6 Å². The Morgan fingerprint density at radius 2 is 1.84 bits per heavy atom. The van der Waals surface area contributed by atoms with E-state index in [9.17, 15) is 14.4 Å². The molecule has 2 aromatic carbocycles. The molecule has 0 atom stereocenters. The highest BCUT2D eigenvalue weighted by molar-refractivity contribution is 6.54. The van der Waals surface area contributed by atoms with Gasteiger partial charge in [-0.1, -0.05) is 53.0 Å². The third-order valence-corrected chi connectivity index (χ3v) is 5.91. The molecule has 4 rings (SSSR count). The molecule has 0 fully saturated rings. The molecule has 0 saturated carbocycles. The second-order valence-corrected chi connectivity index (χ2v) is 8.10. The van der Waals surface area contributed by atoms with Gasteiger partial charge < -0.3 is 10.4 Å². The molecular formula is C23H17Cl2N3O4. The predicted molar refractivity (Wildman–Crippen MR) is 125 cm³/mol. The van der Waals surface area contributed by atoms with Gasteiger partial charge in [-0.2, -0.15) is 0 Å². The summed E-state index contributed by atoms with van der Waals surface area (Å²) in [6, 6.07) is 12.7. The van der Waals surface area contributed by atoms with Crippen molar-refractivity contribution >= 4 is 63.3 Å². The number of anilines is 1. The Hall–Kier alpha value is -3.42. The summed E-state index contributed by atoms with van der Waals surface area (Å²) in [5.41, 5.74) is 3.66. The van der Waals surface area contributed by atoms with Crippen LogP contribution in [-0.4, -0.2) is 26.5 Å². The number of rotatable bonds is 4. The Bertz CT molecular complexity index is 1390. The molecule has 3 aromatic rings. The molecule has 0 radical (unpaired) electrons. The van der Waals surface area contributed by atoms with E-state index in [4.69, 9.17) is 28.3 Å². The number of aryl methyl sites for hydroxylation is 1. The summed E-state index contributed by atoms with van der Waals surface area (Å²) in [5.74, 6) is -1.81. The van der Waals surface area contributed by atoms with E-state index in [2.05, 4.69) is 10.3 Å². The van der Waals surface area contributed by atoms with Gasteiger partial charge in [0.25, 0.3) is 11.5 Å². The summed E-state index contributed by atoms with van der Waals surface area (Å²) in [6.07, 6.45) is 2.70. The molecule has 0 bridgehead atoms. The van der Waals surface area contributed by atoms with Gasteiger partial charge in [0.15, 0.2) is 0 Å². The van der Waals surface area contributed by atoms with Gasteiger partial charge in [0.1, 0.15) is 15.9 Å². The number of allylic oxidation sites excluding steroid dienone is 1. The van der Waals surface area contributed by atoms with Crippen molar-refractivity contribution in [3.63, 3.8) is 0 Å². The summed E-state index contributed by atoms with van der Waals surface area (Å²) in [5, 5.41) is 10.3. The van der Waals surface area contributed by atoms with Crippen LogP contribution in [0.5, 0.6) is 0 Å². The van der Waals surface area contributed by atoms with E-state index < -0.39 is 21.9 Å². The molecule has 32 heavy (non-hydrogen) atoms. The minimum Gasteiger partial charge on any atom is -0.477 e. The fraction of sp³-hybridized carbons (Fsp3) is 0.130. The number of hydrogen-bond donors (Lipinski definition) is 2. The standard InChI is InChI=1S/C23H17Cl2N3O4/c1-12-2-4-13(5-3-12)10-14-8-9-28-20(14)27-17-11-15(6-7-16(17)22(28)30)26-21(29)18(24)19(25)23(31)32/h2-7,10-11H,8-9H2,1H3,(H,26,29)(H,31,32)/b14-10+,19-18-. The van der Waals surface area contributed by atoms with Crippen LogP contribution in [-0.2, 0) is 16.1 Å². The van der Waals surface area contributed by atoms with E-state index in [-0.39, 0.29) is 5.56 Å². The minimum atomic E-state index is -1.51. The first-order valence-corrected chi connectivity index (χ1v) is 10.4. The first-order valence-electron chi connectivity index (χ1n) is 9.66. The van der Waals surface area contributed by atoms with Gasteiger partial charge in [-0.15, -0.1) is 0 Å². The summed E-state index contributed by atoms with van der Waals surface area (Å²) >= 11 is 11.3. The first-order chi connectivity index (χ1) is 15.2. The number of aliphatic carboxylic acids is 1. The Morgan fingerprint density at radius 3 is 2.53 bits per heavy atom. The fourth-order valence-corrected chi connectivity index (χ4v) is 3.69. The SMILES string of the molecule is Cc1ccc(/C=C2\CCn3c2nc2cc(NC(=O)/C(Cl)=C(/Cl)C(=O)O)ccc2c3=O)cc1. The van der Waals surface area contributed by atoms with E-state index in [1.807, 2.05) is 37.3 Å². The molecule has 0 aliphatic carbocycles. The monoisotopic (exact) mass is 469 g/mol. The highest BCUT2D eigenvalue weighted by atomic mass is 35.5. The van der Waals surface area contributed by atoms with Crippen molar-refractivity contribution in [2.45, 2.75) is 19.9 Å². The van der Waals surface area contributed by atoms with Crippen LogP contribution in [0.2, 0.25) is 0 Å². The molecule has 1 aromatic heterocycles. The molecule has 7 nitrogen and oxygen atoms in total. The smallest absolute Gasteiger partial charge is 0.349 e. The summed E-state index contributed by atoms with van der Waals surface area (Å²) in [6.45, 7) is 2.56. The lowest BCUT2D eigenvalue weighted by atomic mass is 10.1. The number of carbonyl (C=O) groups excluding carboxylic acids is 1. The van der Waals surface area contributed by atoms with Crippen molar-refractivity contribution in [1.82, 2.24) is 9.55 Å². The van der Waals surface area contributed by atoms with E-state index >= 15 is 0 Å². The summed E-state index contributed by atoms with van der Waals surface area (Å²) in [4.78, 5) is 40.7. The Labute approximate surface area is 192 Å². The molecule has 2 N–H and O–H groups in total. The van der Waals surface area contributed by atoms with Gasteiger partial charge in [-0.05, 0) is 48.8 Å². The van der Waals surface area contributed by atoms with Crippen LogP contribution in [0.3, 0.4) is 0 Å². The van der Waals surface area contributed by atoms with E-state index in [1.165, 1.54) is 12.1 Å². The topological polar surface area (TPSA) is 101 Å². The molecule has 1 aliphatic heterocycles. The zero-order chi connectivity index (χ0) is 23.0. The number of benzene rings is 2. The van der Waals surface area contributed by atoms with Gasteiger partial charge in [-0.25, -0.2) is 9.78 Å². The van der Waals surface area contributed by atoms with Crippen molar-refractivity contribution in [3.05, 3.63) is 79.8 Å². The largest absolute Gasteiger partial charge is 0.477 e. The zero-order valence-electron chi connectivity index (χ0n) is 16.9. The second kappa shape index (κ2) is 8.61. The molecule has 162 valence electrons. The van der Waals surface area contributed by atoms with Crippen LogP contribution in [0.1, 0.15) is 23.4 Å². The number of amides is 1. The molecular weight excluding hydrogens is 453 g/mol. The number of fused-ring (bicyclic) bond motifs is 2. The normalized spacial score (nSPS) is 14.9. The first kappa shape index (κ1) is 21.8. The Kier molecular flexibility index (Phi) is 5.86. The number of halogens is 2. The van der Waals surface area contributed by atoms with Crippen molar-refractivity contribution in [2.24, 2.45) is 0 Å². The molecule has 1 aliphatic rings. The predicted octanol–water partition coefficient (Wildman–Crippen LogP) is 4.36. The summed E-state index contributed by atoms with van der Waals surface area (Å²) in [7, 11) is 0. The van der Waals surface area contributed by atoms with Crippen LogP contribution in [0, 0.1) is 6.92 Å². The molecule has 2 heterocycles. The highest BCUT2D eigenvalue weighted by Gasteiger charge is 2.22. The number of aromatic nitrogens is 2. The average Bonchev–Trinajstić information content (AvgIpc) is 3.16. The van der Waals surface area contributed by atoms with Crippen molar-refractivity contribution < 1.29 is 14.7 Å². The Morgan fingerprint density at radius 1 is 1.12 bits per heavy atom. The van der Waals surface area contributed by atoms with Crippen LogP contribution in [0.15, 0.2) is 57.3 Å². The molecule has 9 heteroatoms. The third-order valence-electron chi connectivity index (χ3n) is 5.10. The van der Waals surface area contributed by atoms with Crippen molar-refractivity contribution in [2.75, 3.05) is 5.32 Å². The van der Waals surface area contributed by atoms with Gasteiger partial charge in [0.05, 0.1) is 10.9 Å². The van der Waals surface area contributed by atoms with E-state index in [0.717, 1.165) is 16.7 Å². The highest BCUT2D eigenvalue weighted by Crippen LogP contribution is 2.28. The molecule has 0 spiro atoms. The van der Waals surface area contributed by atoms with Crippen molar-refractivity contribution in [1.29, 1.82) is 0 Å². The lowest BCUT2D eigenvalue weighted by Crippen LogP contribution is -2.21. The maximum absolute atomic E-state index is 13.0. The van der Waals surface area contributed by atoms with Gasteiger partial charge in [-0.3, -0.25) is 14.2 Å². The van der Waals surface area contributed by atoms with Crippen LogP contribution in [0.4, 0.5) is 5.69 Å². The van der Waals surface area contributed by atoms with Crippen LogP contribution < -0.4 is 10.9 Å². The van der Waals surface area contributed by atoms with E-state index in [0.29, 0.717) is 35.4 Å². The lowest BCUT2D eigenvalue weighted by molar-refractivity contribution is -0.132. The second-order valence-electron chi connectivity index (χ2n) is 7.34. The fourth-order valence-electron chi connectivity index (χ4n) is 3.48. The van der Waals surface area contributed by atoms with Gasteiger partial charge >= 0.3 is 5.97 Å². The van der Waals surface area contributed by atoms with E-state index in [1.54, 1.807) is 10.6 Å². The van der Waals surface area contributed by atoms with Gasteiger partial charge in [0.2, 0.25) is 0 Å². The summed E-state index contributed by atoms with van der Waals surface area (Å²) < 4.78 is 1.65. The minimum absolute atomic E-state index is 0.165. The quantitative estimate of drug-likeness (QED) is 0.552. The number of carboxylic acid groups (broad SMARTS) is 1. The van der Waals surface area contributed by atoms with Crippen molar-refractivity contribution in [3.8, 4) is 0 Å². The zero-order valence-corrected chi connectivity index (χ0v) is 18.4. The number of hydrogen-bond acceptors (Lipinski definition) is 4. The number of carbonyl (C=O) groups is 2. The Balaban J connectivity index is 1.72. The number of nitrogens with one attached hydrogen (secondary N) is 1. The maximum atomic E-state index is 13.0. The maximum Gasteiger partial charge on any atom is 0.349 e. The molecule has 0 unspecified atom stereocenters.